The van der Waals surface area contributed by atoms with Gasteiger partial charge < -0.3 is 0 Å². The lowest BCUT2D eigenvalue weighted by atomic mass is 10.6. The van der Waals surface area contributed by atoms with E-state index in [1.54, 1.807) is 0 Å². The van der Waals surface area contributed by atoms with Crippen LogP contribution in [0.4, 0.5) is 13.2 Å². The topological polar surface area (TPSA) is 126 Å². The summed E-state index contributed by atoms with van der Waals surface area (Å²) < 4.78 is 78.1. The van der Waals surface area contributed by atoms with Gasteiger partial charge in [0.25, 0.3) is 0 Å². The summed E-state index contributed by atoms with van der Waals surface area (Å²) in [7, 11) is -10.2. The molecule has 0 unspecified atom stereocenters. The third kappa shape index (κ3) is 4.99. The van der Waals surface area contributed by atoms with E-state index in [0.717, 1.165) is 4.72 Å². The predicted octanol–water partition coefficient (Wildman–Crippen LogP) is -1.97. The van der Waals surface area contributed by atoms with Gasteiger partial charge in [-0.1, -0.05) is 0 Å². The molecule has 0 radical (unpaired) electrons. The molecule has 0 heterocycles. The zero-order valence-electron chi connectivity index (χ0n) is 7.90. The largest absolute Gasteiger partial charge is 0.516 e. The molecule has 0 aliphatic heterocycles. The summed E-state index contributed by atoms with van der Waals surface area (Å²) in [5, 5.41) is 0. The Hall–Kier alpha value is -1.37. The van der Waals surface area contributed by atoms with Crippen LogP contribution in [0.3, 0.4) is 0 Å². The number of alkyl halides is 3. The van der Waals surface area contributed by atoms with E-state index in [2.05, 4.69) is 0 Å². The number of carbonyl (C=O) groups excluding carboxylic acids is 2. The molecule has 0 atom stereocenters. The monoisotopic (exact) mass is 298 g/mol. The summed E-state index contributed by atoms with van der Waals surface area (Å²) in [5.41, 5.74) is -5.80. The molecule has 13 heteroatoms. The van der Waals surface area contributed by atoms with Gasteiger partial charge in [-0.15, -0.1) is 0 Å². The molecular weight excluding hydrogens is 293 g/mol. The van der Waals surface area contributed by atoms with Gasteiger partial charge in [0.2, 0.25) is 10.0 Å². The molecule has 0 aliphatic carbocycles. The highest BCUT2D eigenvalue weighted by Crippen LogP contribution is 2.21. The standard InChI is InChI=1S/C4H5F3N2O6S2/c1-16(12,13)8-2(10)3(11)9-17(14,15)4(5,6)7/h1H3,(H,8,10)(H,9,11). The van der Waals surface area contributed by atoms with E-state index >= 15 is 0 Å². The quantitative estimate of drug-likeness (QED) is 0.569. The number of halogens is 3. The molecule has 2 N–H and O–H groups in total. The second-order valence-corrected chi connectivity index (χ2v) is 6.01. The van der Waals surface area contributed by atoms with Gasteiger partial charge in [-0.05, 0) is 0 Å². The maximum atomic E-state index is 11.7. The van der Waals surface area contributed by atoms with Gasteiger partial charge in [-0.25, -0.2) is 17.9 Å². The van der Waals surface area contributed by atoms with Crippen molar-refractivity contribution in [1.29, 1.82) is 0 Å². The van der Waals surface area contributed by atoms with E-state index < -0.39 is 37.4 Å². The Morgan fingerprint density at radius 1 is 0.941 bits per heavy atom. The van der Waals surface area contributed by atoms with Crippen molar-refractivity contribution in [3.63, 3.8) is 0 Å². The van der Waals surface area contributed by atoms with E-state index in [-0.39, 0.29) is 0 Å². The number of carbonyl (C=O) groups is 2. The Kier molecular flexibility index (Phi) is 4.12. The maximum Gasteiger partial charge on any atom is 0.516 e. The molecule has 17 heavy (non-hydrogen) atoms. The molecule has 0 bridgehead atoms. The second-order valence-electron chi connectivity index (χ2n) is 2.58. The van der Waals surface area contributed by atoms with Crippen LogP contribution < -0.4 is 9.44 Å². The summed E-state index contributed by atoms with van der Waals surface area (Å²) in [6, 6.07) is 0. The Morgan fingerprint density at radius 2 is 1.29 bits per heavy atom. The number of amides is 2. The van der Waals surface area contributed by atoms with Crippen LogP contribution in [0.15, 0.2) is 0 Å². The molecule has 0 aromatic rings. The highest BCUT2D eigenvalue weighted by molar-refractivity contribution is 7.91. The minimum absolute atomic E-state index is 0.350. The van der Waals surface area contributed by atoms with E-state index in [9.17, 15) is 39.6 Å². The average molecular weight is 298 g/mol. The van der Waals surface area contributed by atoms with Crippen molar-refractivity contribution in [2.24, 2.45) is 0 Å². The molecular formula is C4H5F3N2O6S2. The van der Waals surface area contributed by atoms with Crippen LogP contribution in [-0.2, 0) is 29.6 Å². The molecule has 0 fully saturated rings. The van der Waals surface area contributed by atoms with Gasteiger partial charge >= 0.3 is 27.3 Å². The summed E-state index contributed by atoms with van der Waals surface area (Å²) in [6.45, 7) is 0. The number of sulfonamides is 2. The van der Waals surface area contributed by atoms with E-state index in [1.807, 2.05) is 0 Å². The van der Waals surface area contributed by atoms with Crippen LogP contribution in [0.2, 0.25) is 0 Å². The third-order valence-corrected chi connectivity index (χ3v) is 2.64. The molecule has 0 aromatic heterocycles. The number of hydrogen-bond donors (Lipinski definition) is 2. The first-order chi connectivity index (χ1) is 7.26. The molecule has 100 valence electrons. The molecule has 0 rings (SSSR count). The summed E-state index contributed by atoms with van der Waals surface area (Å²) in [6.07, 6.45) is 0.441. The summed E-state index contributed by atoms with van der Waals surface area (Å²) in [5.74, 6) is -4.33. The lowest BCUT2D eigenvalue weighted by molar-refractivity contribution is -0.137. The van der Waals surface area contributed by atoms with Crippen LogP contribution in [-0.4, -0.2) is 40.4 Å². The van der Waals surface area contributed by atoms with Crippen LogP contribution in [0.1, 0.15) is 0 Å². The molecule has 0 saturated heterocycles. The SMILES string of the molecule is CS(=O)(=O)NC(=O)C(=O)NS(=O)(=O)C(F)(F)F. The van der Waals surface area contributed by atoms with Gasteiger partial charge in [0.1, 0.15) is 0 Å². The number of hydrogen-bond acceptors (Lipinski definition) is 6. The van der Waals surface area contributed by atoms with Gasteiger partial charge in [0.05, 0.1) is 6.26 Å². The highest BCUT2D eigenvalue weighted by atomic mass is 32.2. The molecule has 8 nitrogen and oxygen atoms in total. The maximum absolute atomic E-state index is 11.7. The molecule has 0 aromatic carbocycles. The van der Waals surface area contributed by atoms with Crippen molar-refractivity contribution in [1.82, 2.24) is 9.44 Å². The summed E-state index contributed by atoms with van der Waals surface area (Å²) in [4.78, 5) is 21.2. The lowest BCUT2D eigenvalue weighted by Crippen LogP contribution is -2.48. The first-order valence-electron chi connectivity index (χ1n) is 3.41. The fourth-order valence-electron chi connectivity index (χ4n) is 0.441. The van der Waals surface area contributed by atoms with Gasteiger partial charge in [0.15, 0.2) is 0 Å². The van der Waals surface area contributed by atoms with Crippen LogP contribution in [0, 0.1) is 0 Å². The predicted molar refractivity (Wildman–Crippen MR) is 46.1 cm³/mol. The van der Waals surface area contributed by atoms with Crippen LogP contribution in [0.25, 0.3) is 0 Å². The van der Waals surface area contributed by atoms with E-state index in [1.165, 1.54) is 0 Å². The van der Waals surface area contributed by atoms with Crippen molar-refractivity contribution in [3.8, 4) is 0 Å². The molecule has 0 spiro atoms. The number of nitrogens with one attached hydrogen (secondary N) is 2. The Bertz CT molecular complexity index is 532. The Balaban J connectivity index is 4.87. The fourth-order valence-corrected chi connectivity index (χ4v) is 1.32. The average Bonchev–Trinajstić information content (AvgIpc) is 1.97. The minimum atomic E-state index is -6.05. The number of rotatable bonds is 2. The van der Waals surface area contributed by atoms with E-state index in [4.69, 9.17) is 0 Å². The zero-order chi connectivity index (χ0) is 14.1. The smallest absolute Gasteiger partial charge is 0.263 e. The zero-order valence-corrected chi connectivity index (χ0v) is 9.53. The van der Waals surface area contributed by atoms with E-state index in [0.29, 0.717) is 11.0 Å². The molecule has 2 amide bonds. The Labute approximate surface area is 93.3 Å². The van der Waals surface area contributed by atoms with Crippen LogP contribution >= 0.6 is 0 Å². The van der Waals surface area contributed by atoms with Crippen molar-refractivity contribution in [2.45, 2.75) is 5.51 Å². The van der Waals surface area contributed by atoms with Gasteiger partial charge in [-0.3, -0.25) is 9.59 Å². The first-order valence-corrected chi connectivity index (χ1v) is 6.79. The molecule has 0 aliphatic rings. The first kappa shape index (κ1) is 15.6. The summed E-state index contributed by atoms with van der Waals surface area (Å²) >= 11 is 0. The third-order valence-electron chi connectivity index (χ3n) is 1.02. The van der Waals surface area contributed by atoms with Crippen molar-refractivity contribution >= 4 is 31.9 Å². The highest BCUT2D eigenvalue weighted by Gasteiger charge is 2.47. The van der Waals surface area contributed by atoms with Crippen molar-refractivity contribution in [2.75, 3.05) is 6.26 Å². The van der Waals surface area contributed by atoms with Gasteiger partial charge in [-0.2, -0.15) is 21.6 Å². The van der Waals surface area contributed by atoms with Crippen molar-refractivity contribution < 1.29 is 39.6 Å². The van der Waals surface area contributed by atoms with Gasteiger partial charge in [0, 0.05) is 0 Å². The Morgan fingerprint density at radius 3 is 1.59 bits per heavy atom. The second kappa shape index (κ2) is 4.48. The van der Waals surface area contributed by atoms with Crippen LogP contribution in [0.5, 0.6) is 0 Å². The molecule has 0 saturated carbocycles. The lowest BCUT2D eigenvalue weighted by Gasteiger charge is -2.08. The minimum Gasteiger partial charge on any atom is -0.263 e. The van der Waals surface area contributed by atoms with Crippen molar-refractivity contribution in [3.05, 3.63) is 0 Å². The normalized spacial score (nSPS) is 12.9. The fraction of sp³-hybridized carbons (Fsp3) is 0.500.